The van der Waals surface area contributed by atoms with Crippen molar-refractivity contribution >= 4 is 27.5 Å². The number of terminal acetylenes is 1. The molecule has 20 heavy (non-hydrogen) atoms. The largest absolute Gasteiger partial charge is 0.573 e. The summed E-state index contributed by atoms with van der Waals surface area (Å²) in [5, 5.41) is 0. The van der Waals surface area contributed by atoms with Crippen LogP contribution in [-0.2, 0) is 4.79 Å². The quantitative estimate of drug-likeness (QED) is 0.768. The Hall–Kier alpha value is -1.68. The fourth-order valence-corrected chi connectivity index (χ4v) is 2.38. The maximum absolute atomic E-state index is 12.2. The first-order chi connectivity index (χ1) is 9.30. The highest BCUT2D eigenvalue weighted by Crippen LogP contribution is 2.35. The van der Waals surface area contributed by atoms with E-state index in [0.29, 0.717) is 12.2 Å². The molecule has 3 nitrogen and oxygen atoms in total. The zero-order valence-corrected chi connectivity index (χ0v) is 11.7. The zero-order valence-electron chi connectivity index (χ0n) is 10.1. The maximum Gasteiger partial charge on any atom is 0.573 e. The third-order valence-electron chi connectivity index (χ3n) is 2.81. The maximum atomic E-state index is 12.2. The molecule has 2 rings (SSSR count). The molecule has 1 aliphatic heterocycles. The van der Waals surface area contributed by atoms with Gasteiger partial charge in [0.2, 0.25) is 5.91 Å². The van der Waals surface area contributed by atoms with Crippen LogP contribution in [0.2, 0.25) is 0 Å². The van der Waals surface area contributed by atoms with Gasteiger partial charge in [-0.05, 0) is 34.1 Å². The Labute approximate surface area is 121 Å². The SMILES string of the molecule is C#CC1CC(=O)N(c2ccc(OC(F)(F)F)c(Br)c2)C1. The van der Waals surface area contributed by atoms with E-state index in [1.165, 1.54) is 17.0 Å². The van der Waals surface area contributed by atoms with Crippen molar-refractivity contribution in [2.24, 2.45) is 5.92 Å². The zero-order chi connectivity index (χ0) is 14.9. The molecule has 1 aliphatic rings. The normalized spacial score (nSPS) is 19.1. The van der Waals surface area contributed by atoms with Crippen LogP contribution in [0.1, 0.15) is 6.42 Å². The van der Waals surface area contributed by atoms with E-state index in [2.05, 4.69) is 26.6 Å². The molecule has 106 valence electrons. The third-order valence-corrected chi connectivity index (χ3v) is 3.43. The number of amides is 1. The van der Waals surface area contributed by atoms with Gasteiger partial charge in [0.15, 0.2) is 0 Å². The van der Waals surface area contributed by atoms with E-state index in [0.717, 1.165) is 6.07 Å². The number of alkyl halides is 3. The first kappa shape index (κ1) is 14.7. The predicted molar refractivity (Wildman–Crippen MR) is 70.1 cm³/mol. The van der Waals surface area contributed by atoms with Gasteiger partial charge in [0, 0.05) is 24.6 Å². The van der Waals surface area contributed by atoms with E-state index in [1.54, 1.807) is 0 Å². The highest BCUT2D eigenvalue weighted by atomic mass is 79.9. The lowest BCUT2D eigenvalue weighted by Gasteiger charge is -2.18. The Kier molecular flexibility index (Phi) is 3.95. The van der Waals surface area contributed by atoms with Crippen LogP contribution in [0.4, 0.5) is 18.9 Å². The van der Waals surface area contributed by atoms with Crippen molar-refractivity contribution in [3.8, 4) is 18.1 Å². The molecule has 1 saturated heterocycles. The number of anilines is 1. The van der Waals surface area contributed by atoms with E-state index in [4.69, 9.17) is 6.42 Å². The molecule has 0 spiro atoms. The van der Waals surface area contributed by atoms with Gasteiger partial charge < -0.3 is 9.64 Å². The number of carbonyl (C=O) groups is 1. The van der Waals surface area contributed by atoms with Gasteiger partial charge in [-0.3, -0.25) is 4.79 Å². The summed E-state index contributed by atoms with van der Waals surface area (Å²) in [6.07, 6.45) is 0.760. The second-order valence-corrected chi connectivity index (χ2v) is 5.09. The molecule has 0 radical (unpaired) electrons. The van der Waals surface area contributed by atoms with Crippen molar-refractivity contribution in [2.75, 3.05) is 11.4 Å². The minimum atomic E-state index is -4.76. The van der Waals surface area contributed by atoms with Crippen LogP contribution in [-0.4, -0.2) is 18.8 Å². The van der Waals surface area contributed by atoms with Gasteiger partial charge in [-0.2, -0.15) is 0 Å². The molecule has 0 bridgehead atoms. The molecular formula is C13H9BrF3NO2. The molecular weight excluding hydrogens is 339 g/mol. The molecule has 1 heterocycles. The van der Waals surface area contributed by atoms with E-state index >= 15 is 0 Å². The second-order valence-electron chi connectivity index (χ2n) is 4.23. The second kappa shape index (κ2) is 5.37. The number of carbonyl (C=O) groups excluding carboxylic acids is 1. The molecule has 1 aromatic carbocycles. The van der Waals surface area contributed by atoms with Gasteiger partial charge in [-0.1, -0.05) is 0 Å². The Morgan fingerprint density at radius 3 is 2.65 bits per heavy atom. The third kappa shape index (κ3) is 3.25. The van der Waals surface area contributed by atoms with E-state index in [9.17, 15) is 18.0 Å². The van der Waals surface area contributed by atoms with Crippen LogP contribution in [0.15, 0.2) is 22.7 Å². The molecule has 0 aliphatic carbocycles. The molecule has 1 aromatic rings. The molecule has 0 aromatic heterocycles. The minimum Gasteiger partial charge on any atom is -0.405 e. The summed E-state index contributed by atoms with van der Waals surface area (Å²) < 4.78 is 40.4. The lowest BCUT2D eigenvalue weighted by Crippen LogP contribution is -2.24. The van der Waals surface area contributed by atoms with Crippen LogP contribution in [0, 0.1) is 18.3 Å². The predicted octanol–water partition coefficient (Wildman–Crippen LogP) is 3.33. The smallest absolute Gasteiger partial charge is 0.405 e. The molecule has 0 N–H and O–H groups in total. The van der Waals surface area contributed by atoms with Crippen molar-refractivity contribution in [1.82, 2.24) is 0 Å². The van der Waals surface area contributed by atoms with Gasteiger partial charge in [-0.25, -0.2) is 0 Å². The van der Waals surface area contributed by atoms with Crippen molar-refractivity contribution in [2.45, 2.75) is 12.8 Å². The fraction of sp³-hybridized carbons (Fsp3) is 0.308. The van der Waals surface area contributed by atoms with Crippen LogP contribution < -0.4 is 9.64 Å². The van der Waals surface area contributed by atoms with Crippen LogP contribution in [0.25, 0.3) is 0 Å². The van der Waals surface area contributed by atoms with Crippen LogP contribution in [0.5, 0.6) is 5.75 Å². The van der Waals surface area contributed by atoms with Crippen molar-refractivity contribution in [3.05, 3.63) is 22.7 Å². The van der Waals surface area contributed by atoms with Gasteiger partial charge >= 0.3 is 6.36 Å². The first-order valence-corrected chi connectivity index (χ1v) is 6.41. The monoisotopic (exact) mass is 347 g/mol. The first-order valence-electron chi connectivity index (χ1n) is 5.62. The molecule has 7 heteroatoms. The van der Waals surface area contributed by atoms with E-state index < -0.39 is 6.36 Å². The summed E-state index contributed by atoms with van der Waals surface area (Å²) in [6.45, 7) is 0.362. The summed E-state index contributed by atoms with van der Waals surface area (Å²) in [6, 6.07) is 3.95. The van der Waals surface area contributed by atoms with Crippen molar-refractivity contribution in [1.29, 1.82) is 0 Å². The fourth-order valence-electron chi connectivity index (χ4n) is 1.93. The van der Waals surface area contributed by atoms with Gasteiger partial charge in [0.05, 0.1) is 4.47 Å². The summed E-state index contributed by atoms with van der Waals surface area (Å²) >= 11 is 3.00. The van der Waals surface area contributed by atoms with E-state index in [-0.39, 0.29) is 28.5 Å². The highest BCUT2D eigenvalue weighted by Gasteiger charge is 2.33. The summed E-state index contributed by atoms with van der Waals surface area (Å²) in [7, 11) is 0. The van der Waals surface area contributed by atoms with Gasteiger partial charge in [-0.15, -0.1) is 25.5 Å². The number of nitrogens with zero attached hydrogens (tertiary/aromatic N) is 1. The Bertz CT molecular complexity index is 580. The van der Waals surface area contributed by atoms with Crippen LogP contribution >= 0.6 is 15.9 Å². The molecule has 1 atom stereocenters. The van der Waals surface area contributed by atoms with E-state index in [1.807, 2.05) is 0 Å². The Balaban J connectivity index is 2.22. The van der Waals surface area contributed by atoms with Gasteiger partial charge in [0.25, 0.3) is 0 Å². The number of hydrogen-bond donors (Lipinski definition) is 0. The van der Waals surface area contributed by atoms with Crippen molar-refractivity contribution in [3.63, 3.8) is 0 Å². The number of rotatable bonds is 2. The topological polar surface area (TPSA) is 29.5 Å². The lowest BCUT2D eigenvalue weighted by molar-refractivity contribution is -0.274. The standard InChI is InChI=1S/C13H9BrF3NO2/c1-2-8-5-12(19)18(7-8)9-3-4-11(10(14)6-9)20-13(15,16)17/h1,3-4,6,8H,5,7H2. The van der Waals surface area contributed by atoms with Crippen LogP contribution in [0.3, 0.4) is 0 Å². The Morgan fingerprint density at radius 2 is 2.15 bits per heavy atom. The van der Waals surface area contributed by atoms with Crippen molar-refractivity contribution < 1.29 is 22.7 Å². The number of ether oxygens (including phenoxy) is 1. The summed E-state index contributed by atoms with van der Waals surface area (Å²) in [5.74, 6) is 1.82. The number of hydrogen-bond acceptors (Lipinski definition) is 2. The minimum absolute atomic E-state index is 0.115. The lowest BCUT2D eigenvalue weighted by atomic mass is 10.1. The average molecular weight is 348 g/mol. The Morgan fingerprint density at radius 1 is 1.45 bits per heavy atom. The molecule has 1 fully saturated rings. The highest BCUT2D eigenvalue weighted by molar-refractivity contribution is 9.10. The number of halogens is 4. The number of benzene rings is 1. The molecule has 1 unspecified atom stereocenters. The average Bonchev–Trinajstić information content (AvgIpc) is 2.72. The summed E-state index contributed by atoms with van der Waals surface area (Å²) in [4.78, 5) is 13.2. The molecule has 1 amide bonds. The summed E-state index contributed by atoms with van der Waals surface area (Å²) in [5.41, 5.74) is 0.481. The molecule has 0 saturated carbocycles. The van der Waals surface area contributed by atoms with Gasteiger partial charge in [0.1, 0.15) is 5.75 Å².